The van der Waals surface area contributed by atoms with Crippen LogP contribution in [0.25, 0.3) is 75.4 Å². The van der Waals surface area contributed by atoms with Gasteiger partial charge in [-0.05, 0) is 94.0 Å². The molecule has 3 aromatic heterocycles. The molecule has 2 aliphatic heterocycles. The van der Waals surface area contributed by atoms with Crippen LogP contribution in [0, 0.1) is 6.92 Å². The van der Waals surface area contributed by atoms with Gasteiger partial charge >= 0.3 is 6.85 Å². The minimum absolute atomic E-state index is 0.00542. The largest absolute Gasteiger partial charge is 0.454 e. The first kappa shape index (κ1) is 30.4. The molecular weight excluding hydrogens is 675 g/mol. The van der Waals surface area contributed by atoms with Crippen molar-refractivity contribution >= 4 is 99.3 Å². The predicted molar refractivity (Wildman–Crippen MR) is 232 cm³/mol. The van der Waals surface area contributed by atoms with Gasteiger partial charge in [0.05, 0.1) is 16.9 Å². The van der Waals surface area contributed by atoms with Crippen molar-refractivity contribution in [1.29, 1.82) is 0 Å². The summed E-state index contributed by atoms with van der Waals surface area (Å²) in [6.45, 7) is 9.13. The van der Waals surface area contributed by atoms with Gasteiger partial charge in [-0.3, -0.25) is 0 Å². The highest BCUT2D eigenvalue weighted by atomic mass is 32.1. The highest BCUT2D eigenvalue weighted by Gasteiger charge is 2.45. The molecule has 256 valence electrons. The monoisotopic (exact) mass is 710 g/mol. The van der Waals surface area contributed by atoms with Crippen molar-refractivity contribution in [3.8, 4) is 22.3 Å². The molecule has 0 radical (unpaired) electrons. The maximum Gasteiger partial charge on any atom is 0.333 e. The summed E-state index contributed by atoms with van der Waals surface area (Å²) in [6, 6.07) is 52.1. The van der Waals surface area contributed by atoms with E-state index in [0.717, 1.165) is 16.6 Å². The number of aromatic nitrogens is 1. The molecule has 0 unspecified atom stereocenters. The number of hydrogen-bond acceptors (Lipinski definition) is 3. The van der Waals surface area contributed by atoms with Crippen LogP contribution in [0.5, 0.6) is 0 Å². The highest BCUT2D eigenvalue weighted by molar-refractivity contribution is 7.26. The quantitative estimate of drug-likeness (QED) is 0.167. The second-order valence-electron chi connectivity index (χ2n) is 16.2. The Morgan fingerprint density at radius 3 is 2.24 bits per heavy atom. The van der Waals surface area contributed by atoms with E-state index in [1.54, 1.807) is 0 Å². The Hall–Kier alpha value is -6.04. The van der Waals surface area contributed by atoms with E-state index in [0.29, 0.717) is 0 Å². The summed E-state index contributed by atoms with van der Waals surface area (Å²) < 4.78 is 12.0. The van der Waals surface area contributed by atoms with Crippen LogP contribution in [0.3, 0.4) is 0 Å². The zero-order valence-corrected chi connectivity index (χ0v) is 31.4. The molecule has 0 saturated heterocycles. The third-order valence-corrected chi connectivity index (χ3v) is 13.1. The van der Waals surface area contributed by atoms with E-state index >= 15 is 0 Å². The van der Waals surface area contributed by atoms with Gasteiger partial charge in [0.2, 0.25) is 0 Å². The number of fused-ring (bicyclic) bond motifs is 13. The number of hydrogen-bond donors (Lipinski definition) is 0. The number of para-hydroxylation sites is 2. The number of furan rings is 1. The smallest absolute Gasteiger partial charge is 0.333 e. The van der Waals surface area contributed by atoms with Crippen molar-refractivity contribution in [2.45, 2.75) is 33.1 Å². The van der Waals surface area contributed by atoms with Crippen LogP contribution in [0.4, 0.5) is 17.1 Å². The van der Waals surface area contributed by atoms with Gasteiger partial charge in [0.25, 0.3) is 0 Å². The molecule has 0 amide bonds. The molecule has 0 saturated carbocycles. The average molecular weight is 711 g/mol. The van der Waals surface area contributed by atoms with E-state index < -0.39 is 0 Å². The first-order valence-corrected chi connectivity index (χ1v) is 19.7. The number of benzene rings is 7. The number of thiophene rings is 1. The molecule has 54 heavy (non-hydrogen) atoms. The highest BCUT2D eigenvalue weighted by Crippen LogP contribution is 2.52. The second kappa shape index (κ2) is 10.6. The Morgan fingerprint density at radius 2 is 1.39 bits per heavy atom. The van der Waals surface area contributed by atoms with Gasteiger partial charge in [-0.1, -0.05) is 112 Å². The van der Waals surface area contributed by atoms with Crippen molar-refractivity contribution < 1.29 is 4.42 Å². The van der Waals surface area contributed by atoms with Gasteiger partial charge in [-0.25, -0.2) is 0 Å². The van der Waals surface area contributed by atoms with Crippen molar-refractivity contribution in [3.05, 3.63) is 151 Å². The summed E-state index contributed by atoms with van der Waals surface area (Å²) >= 11 is 1.89. The first-order chi connectivity index (χ1) is 26.3. The molecular formula is C49H35BN2OS. The Bertz CT molecular complexity index is 3230. The van der Waals surface area contributed by atoms with Crippen LogP contribution in [0.15, 0.2) is 144 Å². The summed E-state index contributed by atoms with van der Waals surface area (Å²) in [5.74, 6) is 0. The molecule has 0 fully saturated rings. The number of anilines is 3. The van der Waals surface area contributed by atoms with E-state index in [9.17, 15) is 0 Å². The molecule has 0 bridgehead atoms. The average Bonchev–Trinajstić information content (AvgIpc) is 3.86. The third kappa shape index (κ3) is 3.92. The topological polar surface area (TPSA) is 21.3 Å². The van der Waals surface area contributed by atoms with Gasteiger partial charge in [0.1, 0.15) is 5.58 Å². The normalized spacial score (nSPS) is 13.5. The summed E-state index contributed by atoms with van der Waals surface area (Å²) in [7, 11) is 0. The van der Waals surface area contributed by atoms with Gasteiger partial charge in [-0.15, -0.1) is 11.3 Å². The Labute approximate surface area is 317 Å². The SMILES string of the molecule is Cc1cc2c3c(c1)N(c1ccc(C(C)(C)C)cc1-c1ccccc1)c1c(ccc4sc5ccccc5c14)B3n1c3c-2cccc3c2oc3ccccc3c21. The second-order valence-corrected chi connectivity index (χ2v) is 17.2. The molecule has 0 spiro atoms. The number of rotatable bonds is 2. The fraction of sp³-hybridized carbons (Fsp3) is 0.102. The lowest BCUT2D eigenvalue weighted by molar-refractivity contribution is 0.590. The fourth-order valence-electron chi connectivity index (χ4n) is 9.62. The molecule has 5 heterocycles. The lowest BCUT2D eigenvalue weighted by atomic mass is 9.45. The summed E-state index contributed by atoms with van der Waals surface area (Å²) in [6.07, 6.45) is 0. The zero-order chi connectivity index (χ0) is 36.0. The van der Waals surface area contributed by atoms with E-state index in [-0.39, 0.29) is 12.3 Å². The molecule has 0 atom stereocenters. The van der Waals surface area contributed by atoms with Crippen LogP contribution < -0.4 is 15.8 Å². The predicted octanol–water partition coefficient (Wildman–Crippen LogP) is 12.6. The first-order valence-electron chi connectivity index (χ1n) is 18.9. The van der Waals surface area contributed by atoms with Crippen molar-refractivity contribution in [2.24, 2.45) is 0 Å². The Balaban J connectivity index is 1.29. The van der Waals surface area contributed by atoms with Crippen LogP contribution >= 0.6 is 11.3 Å². The van der Waals surface area contributed by atoms with Gasteiger partial charge in [0, 0.05) is 53.3 Å². The van der Waals surface area contributed by atoms with Gasteiger partial charge in [0.15, 0.2) is 5.58 Å². The Morgan fingerprint density at radius 1 is 0.611 bits per heavy atom. The molecule has 10 aromatic rings. The van der Waals surface area contributed by atoms with Crippen LogP contribution in [-0.4, -0.2) is 11.3 Å². The molecule has 5 heteroatoms. The number of aryl methyl sites for hydroxylation is 1. The molecule has 2 aliphatic rings. The Kier molecular flexibility index (Phi) is 5.95. The third-order valence-electron chi connectivity index (χ3n) is 12.0. The lowest BCUT2D eigenvalue weighted by Crippen LogP contribution is -2.56. The van der Waals surface area contributed by atoms with Gasteiger partial charge in [-0.2, -0.15) is 0 Å². The molecule has 3 nitrogen and oxygen atoms in total. The minimum atomic E-state index is -0.0603. The van der Waals surface area contributed by atoms with E-state index in [2.05, 4.69) is 177 Å². The van der Waals surface area contributed by atoms with Crippen molar-refractivity contribution in [3.63, 3.8) is 0 Å². The zero-order valence-electron chi connectivity index (χ0n) is 30.6. The standard InChI is InChI=1S/C49H35BN2OS/c1-28-25-36-31-17-12-18-34-45(31)52(46-32-15-8-10-19-40(32)53-48(34)46)50-37-22-24-42-43(33-16-9-11-20-41(33)54-42)47(37)51(39(26-28)44(36)50)38-23-21-30(49(2,3)4)27-35(38)29-13-6-5-7-14-29/h5-27H,1-4H3. The van der Waals surface area contributed by atoms with Crippen LogP contribution in [-0.2, 0) is 5.41 Å². The van der Waals surface area contributed by atoms with Crippen LogP contribution in [0.2, 0.25) is 0 Å². The van der Waals surface area contributed by atoms with E-state index in [1.165, 1.54) is 98.0 Å². The van der Waals surface area contributed by atoms with Crippen LogP contribution in [0.1, 0.15) is 31.9 Å². The summed E-state index contributed by atoms with van der Waals surface area (Å²) in [5.41, 5.74) is 18.2. The maximum absolute atomic E-state index is 6.76. The van der Waals surface area contributed by atoms with Crippen molar-refractivity contribution in [2.75, 3.05) is 4.90 Å². The number of nitrogens with zero attached hydrogens (tertiary/aromatic N) is 2. The van der Waals surface area contributed by atoms with Gasteiger partial charge < -0.3 is 13.8 Å². The molecule has 0 aliphatic carbocycles. The summed E-state index contributed by atoms with van der Waals surface area (Å²) in [4.78, 5) is 2.63. The van der Waals surface area contributed by atoms with Crippen molar-refractivity contribution in [1.82, 2.24) is 4.48 Å². The maximum atomic E-state index is 6.76. The molecule has 12 rings (SSSR count). The molecule has 7 aromatic carbocycles. The summed E-state index contributed by atoms with van der Waals surface area (Å²) in [5, 5.41) is 4.94. The van der Waals surface area contributed by atoms with E-state index in [4.69, 9.17) is 4.42 Å². The minimum Gasteiger partial charge on any atom is -0.454 e. The lowest BCUT2D eigenvalue weighted by Gasteiger charge is -2.42. The van der Waals surface area contributed by atoms with E-state index in [1.807, 2.05) is 11.3 Å². The molecule has 0 N–H and O–H groups in total. The fourth-order valence-corrected chi connectivity index (χ4v) is 10.7.